The number of carbonyl (C=O) groups excluding carboxylic acids is 1. The first-order valence-electron chi connectivity index (χ1n) is 5.88. The van der Waals surface area contributed by atoms with E-state index in [-0.39, 0.29) is 12.5 Å². The molecule has 2 aromatic rings. The van der Waals surface area contributed by atoms with E-state index in [4.69, 9.17) is 0 Å². The zero-order valence-electron chi connectivity index (χ0n) is 10.6. The van der Waals surface area contributed by atoms with Gasteiger partial charge in [0.1, 0.15) is 0 Å². The van der Waals surface area contributed by atoms with Crippen LogP contribution in [-0.2, 0) is 18.4 Å². The Labute approximate surface area is 120 Å². The lowest BCUT2D eigenvalue weighted by Gasteiger charge is -2.06. The number of rotatable bonds is 5. The SMILES string of the molecule is Cn1ccc(CNCC(=O)Nc2cccc(Br)c2)n1. The van der Waals surface area contributed by atoms with Gasteiger partial charge in [0.25, 0.3) is 0 Å². The van der Waals surface area contributed by atoms with Gasteiger partial charge in [0.2, 0.25) is 5.91 Å². The maximum absolute atomic E-state index is 11.7. The minimum Gasteiger partial charge on any atom is -0.325 e. The van der Waals surface area contributed by atoms with E-state index in [1.807, 2.05) is 43.6 Å². The predicted octanol–water partition coefficient (Wildman–Crippen LogP) is 1.91. The van der Waals surface area contributed by atoms with Crippen molar-refractivity contribution in [2.24, 2.45) is 7.05 Å². The molecule has 1 amide bonds. The molecule has 0 unspecified atom stereocenters. The van der Waals surface area contributed by atoms with Crippen molar-refractivity contribution in [2.45, 2.75) is 6.54 Å². The van der Waals surface area contributed by atoms with Gasteiger partial charge in [0.15, 0.2) is 0 Å². The van der Waals surface area contributed by atoms with Gasteiger partial charge in [-0.1, -0.05) is 22.0 Å². The fourth-order valence-electron chi connectivity index (χ4n) is 1.63. The van der Waals surface area contributed by atoms with E-state index >= 15 is 0 Å². The Morgan fingerprint density at radius 1 is 1.42 bits per heavy atom. The van der Waals surface area contributed by atoms with E-state index in [1.165, 1.54) is 0 Å². The summed E-state index contributed by atoms with van der Waals surface area (Å²) in [6.45, 7) is 0.829. The van der Waals surface area contributed by atoms with Gasteiger partial charge < -0.3 is 10.6 Å². The molecule has 0 saturated heterocycles. The van der Waals surface area contributed by atoms with Crippen LogP contribution in [0.5, 0.6) is 0 Å². The molecule has 2 rings (SSSR count). The lowest BCUT2D eigenvalue weighted by molar-refractivity contribution is -0.115. The second-order valence-corrected chi connectivity index (χ2v) is 5.06. The molecule has 0 atom stereocenters. The Hall–Kier alpha value is -1.66. The molecule has 0 aliphatic heterocycles. The lowest BCUT2D eigenvalue weighted by Crippen LogP contribution is -2.27. The molecule has 0 aliphatic rings. The van der Waals surface area contributed by atoms with Crippen LogP contribution in [0, 0.1) is 0 Å². The minimum absolute atomic E-state index is 0.0750. The molecule has 19 heavy (non-hydrogen) atoms. The first kappa shape index (κ1) is 13.8. The number of carbonyl (C=O) groups is 1. The van der Waals surface area contributed by atoms with Crippen LogP contribution in [0.1, 0.15) is 5.69 Å². The molecular weight excluding hydrogens is 308 g/mol. The van der Waals surface area contributed by atoms with Gasteiger partial charge in [-0.15, -0.1) is 0 Å². The van der Waals surface area contributed by atoms with Gasteiger partial charge in [-0.2, -0.15) is 5.10 Å². The average Bonchev–Trinajstić information content (AvgIpc) is 2.75. The average molecular weight is 323 g/mol. The molecule has 6 heteroatoms. The van der Waals surface area contributed by atoms with Gasteiger partial charge in [0.05, 0.1) is 12.2 Å². The third-order valence-corrected chi connectivity index (χ3v) is 2.96. The van der Waals surface area contributed by atoms with Crippen LogP contribution in [-0.4, -0.2) is 22.2 Å². The Balaban J connectivity index is 1.76. The number of nitrogens with zero attached hydrogens (tertiary/aromatic N) is 2. The molecule has 1 aromatic heterocycles. The predicted molar refractivity (Wildman–Crippen MR) is 77.7 cm³/mol. The molecule has 0 spiro atoms. The smallest absolute Gasteiger partial charge is 0.238 e. The number of hydrogen-bond acceptors (Lipinski definition) is 3. The van der Waals surface area contributed by atoms with E-state index in [1.54, 1.807) is 4.68 Å². The number of anilines is 1. The first-order valence-corrected chi connectivity index (χ1v) is 6.67. The van der Waals surface area contributed by atoms with Crippen molar-refractivity contribution < 1.29 is 4.79 Å². The van der Waals surface area contributed by atoms with Crippen LogP contribution >= 0.6 is 15.9 Å². The molecule has 5 nitrogen and oxygen atoms in total. The van der Waals surface area contributed by atoms with Crippen molar-refractivity contribution >= 4 is 27.5 Å². The van der Waals surface area contributed by atoms with Crippen molar-refractivity contribution in [1.29, 1.82) is 0 Å². The van der Waals surface area contributed by atoms with Crippen molar-refractivity contribution in [3.63, 3.8) is 0 Å². The summed E-state index contributed by atoms with van der Waals surface area (Å²) < 4.78 is 2.67. The highest BCUT2D eigenvalue weighted by Gasteiger charge is 2.03. The summed E-state index contributed by atoms with van der Waals surface area (Å²) in [5.41, 5.74) is 1.69. The number of aryl methyl sites for hydroxylation is 1. The van der Waals surface area contributed by atoms with Gasteiger partial charge in [-0.3, -0.25) is 9.48 Å². The molecule has 0 radical (unpaired) electrons. The van der Waals surface area contributed by atoms with Crippen molar-refractivity contribution in [3.05, 3.63) is 46.7 Å². The zero-order chi connectivity index (χ0) is 13.7. The molecule has 2 N–H and O–H groups in total. The van der Waals surface area contributed by atoms with Crippen LogP contribution < -0.4 is 10.6 Å². The summed E-state index contributed by atoms with van der Waals surface area (Å²) in [4.78, 5) is 11.7. The van der Waals surface area contributed by atoms with E-state index in [0.717, 1.165) is 15.9 Å². The third-order valence-electron chi connectivity index (χ3n) is 2.47. The van der Waals surface area contributed by atoms with E-state index in [9.17, 15) is 4.79 Å². The van der Waals surface area contributed by atoms with Crippen LogP contribution in [0.4, 0.5) is 5.69 Å². The van der Waals surface area contributed by atoms with Gasteiger partial charge >= 0.3 is 0 Å². The number of halogens is 1. The topological polar surface area (TPSA) is 59.0 Å². The van der Waals surface area contributed by atoms with Gasteiger partial charge in [-0.05, 0) is 24.3 Å². The highest BCUT2D eigenvalue weighted by Crippen LogP contribution is 2.15. The summed E-state index contributed by atoms with van der Waals surface area (Å²) >= 11 is 3.36. The monoisotopic (exact) mass is 322 g/mol. The summed E-state index contributed by atoms with van der Waals surface area (Å²) in [6.07, 6.45) is 1.87. The van der Waals surface area contributed by atoms with Crippen LogP contribution in [0.25, 0.3) is 0 Å². The van der Waals surface area contributed by atoms with Crippen molar-refractivity contribution in [3.8, 4) is 0 Å². The molecule has 100 valence electrons. The number of hydrogen-bond donors (Lipinski definition) is 2. The van der Waals surface area contributed by atoms with Crippen LogP contribution in [0.3, 0.4) is 0 Å². The maximum atomic E-state index is 11.7. The van der Waals surface area contributed by atoms with Crippen LogP contribution in [0.2, 0.25) is 0 Å². The third kappa shape index (κ3) is 4.50. The van der Waals surface area contributed by atoms with Gasteiger partial charge in [-0.25, -0.2) is 0 Å². The van der Waals surface area contributed by atoms with Crippen molar-refractivity contribution in [2.75, 3.05) is 11.9 Å². The fourth-order valence-corrected chi connectivity index (χ4v) is 2.03. The van der Waals surface area contributed by atoms with E-state index in [0.29, 0.717) is 6.54 Å². The number of aromatic nitrogens is 2. The highest BCUT2D eigenvalue weighted by molar-refractivity contribution is 9.10. The molecule has 1 aromatic carbocycles. The number of amides is 1. The molecule has 0 bridgehead atoms. The molecule has 1 heterocycles. The zero-order valence-corrected chi connectivity index (χ0v) is 12.1. The van der Waals surface area contributed by atoms with Crippen LogP contribution in [0.15, 0.2) is 41.0 Å². The Kier molecular flexibility index (Phi) is 4.70. The Morgan fingerprint density at radius 3 is 2.95 bits per heavy atom. The molecule has 0 saturated carbocycles. The van der Waals surface area contributed by atoms with E-state index < -0.39 is 0 Å². The standard InChI is InChI=1S/C13H15BrN4O/c1-18-6-5-12(17-18)8-15-9-13(19)16-11-4-2-3-10(14)7-11/h2-7,15H,8-9H2,1H3,(H,16,19). The largest absolute Gasteiger partial charge is 0.325 e. The van der Waals surface area contributed by atoms with Crippen molar-refractivity contribution in [1.82, 2.24) is 15.1 Å². The number of nitrogens with one attached hydrogen (secondary N) is 2. The van der Waals surface area contributed by atoms with Gasteiger partial charge in [0, 0.05) is 29.9 Å². The summed E-state index contributed by atoms with van der Waals surface area (Å²) in [7, 11) is 1.86. The molecule has 0 aliphatic carbocycles. The number of benzene rings is 1. The Morgan fingerprint density at radius 2 is 2.26 bits per heavy atom. The summed E-state index contributed by atoms with van der Waals surface area (Å²) in [6, 6.07) is 9.41. The molecule has 0 fully saturated rings. The summed E-state index contributed by atoms with van der Waals surface area (Å²) in [5.74, 6) is -0.0750. The molecular formula is C13H15BrN4O. The normalized spacial score (nSPS) is 10.4. The highest BCUT2D eigenvalue weighted by atomic mass is 79.9. The fraction of sp³-hybridized carbons (Fsp3) is 0.231. The Bertz CT molecular complexity index is 567. The second kappa shape index (κ2) is 6.49. The summed E-state index contributed by atoms with van der Waals surface area (Å²) in [5, 5.41) is 10.1. The lowest BCUT2D eigenvalue weighted by atomic mass is 10.3. The quantitative estimate of drug-likeness (QED) is 0.884. The minimum atomic E-state index is -0.0750. The first-order chi connectivity index (χ1) is 9.13. The maximum Gasteiger partial charge on any atom is 0.238 e. The second-order valence-electron chi connectivity index (χ2n) is 4.14. The van der Waals surface area contributed by atoms with E-state index in [2.05, 4.69) is 31.7 Å².